The molecule has 1 amide bonds. The predicted molar refractivity (Wildman–Crippen MR) is 71.2 cm³/mol. The summed E-state index contributed by atoms with van der Waals surface area (Å²) in [7, 11) is 5.45. The second-order valence-corrected chi connectivity index (χ2v) is 4.81. The Morgan fingerprint density at radius 3 is 2.41 bits per heavy atom. The van der Waals surface area contributed by atoms with E-state index in [0.29, 0.717) is 6.54 Å². The number of amides is 1. The third kappa shape index (κ3) is 3.72. The van der Waals surface area contributed by atoms with E-state index in [9.17, 15) is 4.79 Å². The number of benzene rings is 1. The third-order valence-electron chi connectivity index (χ3n) is 2.90. The van der Waals surface area contributed by atoms with Crippen LogP contribution in [0.4, 0.5) is 0 Å². The molecule has 0 N–H and O–H groups in total. The lowest BCUT2D eigenvalue weighted by Gasteiger charge is -2.26. The lowest BCUT2D eigenvalue weighted by Crippen LogP contribution is -2.35. The molecule has 0 heterocycles. The molecular weight excluding hydrogens is 236 g/mol. The van der Waals surface area contributed by atoms with Gasteiger partial charge in [-0.15, -0.1) is 0 Å². The Balaban J connectivity index is 2.73. The highest BCUT2D eigenvalue weighted by atomic mass is 35.5. The van der Waals surface area contributed by atoms with Crippen LogP contribution in [0.5, 0.6) is 0 Å². The van der Waals surface area contributed by atoms with E-state index < -0.39 is 0 Å². The van der Waals surface area contributed by atoms with Crippen LogP contribution in [-0.4, -0.2) is 43.4 Å². The summed E-state index contributed by atoms with van der Waals surface area (Å²) in [4.78, 5) is 15.2. The van der Waals surface area contributed by atoms with E-state index in [-0.39, 0.29) is 11.9 Å². The lowest BCUT2D eigenvalue weighted by molar-refractivity contribution is -0.130. The summed E-state index contributed by atoms with van der Waals surface area (Å²) in [6, 6.07) is 7.84. The van der Waals surface area contributed by atoms with E-state index in [2.05, 4.69) is 0 Å². The van der Waals surface area contributed by atoms with Gasteiger partial charge in [-0.25, -0.2) is 0 Å². The molecule has 0 radical (unpaired) electrons. The van der Waals surface area contributed by atoms with Crippen LogP contribution in [0.1, 0.15) is 18.5 Å². The summed E-state index contributed by atoms with van der Waals surface area (Å²) in [6.45, 7) is 2.43. The molecule has 4 heteroatoms. The molecule has 0 aliphatic heterocycles. The molecule has 1 aromatic rings. The van der Waals surface area contributed by atoms with Gasteiger partial charge in [0.15, 0.2) is 0 Å². The number of carbonyl (C=O) groups excluding carboxylic acids is 1. The first kappa shape index (κ1) is 14.0. The van der Waals surface area contributed by atoms with Crippen molar-refractivity contribution in [3.05, 3.63) is 34.9 Å². The van der Waals surface area contributed by atoms with Crippen molar-refractivity contribution < 1.29 is 4.79 Å². The van der Waals surface area contributed by atoms with E-state index in [1.165, 1.54) is 0 Å². The molecule has 0 fully saturated rings. The molecule has 0 spiro atoms. The van der Waals surface area contributed by atoms with E-state index >= 15 is 0 Å². The standard InChI is InChI=1S/C13H19ClN2O/c1-10(11-7-5-6-8-12(11)14)16(4)9-13(17)15(2)3/h5-8,10H,9H2,1-4H3. The van der Waals surface area contributed by atoms with Crippen LogP contribution in [0.15, 0.2) is 24.3 Å². The van der Waals surface area contributed by atoms with Crippen molar-refractivity contribution in [1.82, 2.24) is 9.80 Å². The molecule has 1 atom stereocenters. The van der Waals surface area contributed by atoms with Crippen molar-refractivity contribution in [2.75, 3.05) is 27.7 Å². The smallest absolute Gasteiger partial charge is 0.236 e. The van der Waals surface area contributed by atoms with Crippen LogP contribution >= 0.6 is 11.6 Å². The highest BCUT2D eigenvalue weighted by Gasteiger charge is 2.17. The Morgan fingerprint density at radius 2 is 1.88 bits per heavy atom. The van der Waals surface area contributed by atoms with Gasteiger partial charge in [-0.3, -0.25) is 9.69 Å². The highest BCUT2D eigenvalue weighted by Crippen LogP contribution is 2.25. The van der Waals surface area contributed by atoms with Crippen molar-refractivity contribution in [2.45, 2.75) is 13.0 Å². The van der Waals surface area contributed by atoms with Gasteiger partial charge in [0.25, 0.3) is 0 Å². The summed E-state index contributed by atoms with van der Waals surface area (Å²) >= 11 is 6.14. The zero-order valence-electron chi connectivity index (χ0n) is 10.8. The molecule has 0 saturated carbocycles. The van der Waals surface area contributed by atoms with Crippen LogP contribution in [0, 0.1) is 0 Å². The van der Waals surface area contributed by atoms with Gasteiger partial charge >= 0.3 is 0 Å². The SMILES string of the molecule is CC(c1ccccc1Cl)N(C)CC(=O)N(C)C. The van der Waals surface area contributed by atoms with E-state index in [0.717, 1.165) is 10.6 Å². The van der Waals surface area contributed by atoms with Gasteiger partial charge in [0.2, 0.25) is 5.91 Å². The Bertz CT molecular complexity index is 393. The van der Waals surface area contributed by atoms with Gasteiger partial charge in [0.1, 0.15) is 0 Å². The van der Waals surface area contributed by atoms with E-state index in [1.54, 1.807) is 19.0 Å². The van der Waals surface area contributed by atoms with Crippen LogP contribution in [0.2, 0.25) is 5.02 Å². The Hall–Kier alpha value is -1.06. The minimum Gasteiger partial charge on any atom is -0.348 e. The van der Waals surface area contributed by atoms with E-state index in [1.807, 2.05) is 43.1 Å². The van der Waals surface area contributed by atoms with Gasteiger partial charge in [0, 0.05) is 25.2 Å². The fourth-order valence-corrected chi connectivity index (χ4v) is 1.84. The molecule has 1 aromatic carbocycles. The average molecular weight is 255 g/mol. The van der Waals surface area contributed by atoms with Crippen molar-refractivity contribution in [3.63, 3.8) is 0 Å². The predicted octanol–water partition coefficient (Wildman–Crippen LogP) is 2.42. The number of hydrogen-bond donors (Lipinski definition) is 0. The van der Waals surface area contributed by atoms with Crippen molar-refractivity contribution in [1.29, 1.82) is 0 Å². The summed E-state index contributed by atoms with van der Waals surface area (Å²) in [6.07, 6.45) is 0. The number of rotatable bonds is 4. The largest absolute Gasteiger partial charge is 0.348 e. The number of halogens is 1. The second-order valence-electron chi connectivity index (χ2n) is 4.40. The Morgan fingerprint density at radius 1 is 1.29 bits per heavy atom. The van der Waals surface area contributed by atoms with Crippen LogP contribution < -0.4 is 0 Å². The van der Waals surface area contributed by atoms with Crippen LogP contribution in [0.3, 0.4) is 0 Å². The zero-order chi connectivity index (χ0) is 13.0. The minimum atomic E-state index is 0.0893. The van der Waals surface area contributed by atoms with Crippen molar-refractivity contribution in [2.24, 2.45) is 0 Å². The highest BCUT2D eigenvalue weighted by molar-refractivity contribution is 6.31. The van der Waals surface area contributed by atoms with Gasteiger partial charge in [-0.1, -0.05) is 29.8 Å². The molecule has 94 valence electrons. The minimum absolute atomic E-state index is 0.0893. The monoisotopic (exact) mass is 254 g/mol. The van der Waals surface area contributed by atoms with Gasteiger partial charge < -0.3 is 4.90 Å². The molecule has 0 aromatic heterocycles. The maximum absolute atomic E-state index is 11.6. The van der Waals surface area contributed by atoms with Crippen LogP contribution in [-0.2, 0) is 4.79 Å². The van der Waals surface area contributed by atoms with Crippen molar-refractivity contribution in [3.8, 4) is 0 Å². The van der Waals surface area contributed by atoms with Gasteiger partial charge in [0.05, 0.1) is 6.54 Å². The molecule has 0 bridgehead atoms. The first-order valence-corrected chi connectivity index (χ1v) is 5.96. The summed E-state index contributed by atoms with van der Waals surface area (Å²) in [5.74, 6) is 0.0893. The maximum atomic E-state index is 11.6. The first-order valence-electron chi connectivity index (χ1n) is 5.58. The number of likely N-dealkylation sites (N-methyl/N-ethyl adjacent to an activating group) is 2. The van der Waals surface area contributed by atoms with Gasteiger partial charge in [-0.2, -0.15) is 0 Å². The second kappa shape index (κ2) is 6.03. The Kier molecular flexibility index (Phi) is 4.97. The normalized spacial score (nSPS) is 12.6. The molecule has 1 unspecified atom stereocenters. The fraction of sp³-hybridized carbons (Fsp3) is 0.462. The number of hydrogen-bond acceptors (Lipinski definition) is 2. The summed E-state index contributed by atoms with van der Waals surface area (Å²) in [5, 5.41) is 0.740. The molecule has 1 rings (SSSR count). The molecule has 3 nitrogen and oxygen atoms in total. The third-order valence-corrected chi connectivity index (χ3v) is 3.24. The molecule has 0 aliphatic carbocycles. The lowest BCUT2D eigenvalue weighted by atomic mass is 10.1. The van der Waals surface area contributed by atoms with Crippen molar-refractivity contribution >= 4 is 17.5 Å². The average Bonchev–Trinajstić information content (AvgIpc) is 2.28. The summed E-state index contributed by atoms with van der Waals surface area (Å²) < 4.78 is 0. The Labute approximate surface area is 108 Å². The molecular formula is C13H19ClN2O. The molecule has 0 aliphatic rings. The maximum Gasteiger partial charge on any atom is 0.236 e. The van der Waals surface area contributed by atoms with E-state index in [4.69, 9.17) is 11.6 Å². The van der Waals surface area contributed by atoms with Gasteiger partial charge in [-0.05, 0) is 25.6 Å². The first-order chi connectivity index (χ1) is 7.93. The quantitative estimate of drug-likeness (QED) is 0.824. The summed E-state index contributed by atoms with van der Waals surface area (Å²) in [5.41, 5.74) is 1.04. The van der Waals surface area contributed by atoms with Crippen LogP contribution in [0.25, 0.3) is 0 Å². The topological polar surface area (TPSA) is 23.6 Å². The zero-order valence-corrected chi connectivity index (χ0v) is 11.5. The fourth-order valence-electron chi connectivity index (χ4n) is 1.54. The molecule has 17 heavy (non-hydrogen) atoms. The number of carbonyl (C=O) groups is 1. The molecule has 0 saturated heterocycles. The number of nitrogens with zero attached hydrogens (tertiary/aromatic N) is 2.